The Labute approximate surface area is 172 Å². The number of carbonyl (C=O) groups excluding carboxylic acids is 2. The van der Waals surface area contributed by atoms with Crippen LogP contribution in [0.3, 0.4) is 0 Å². The molecule has 2 aromatic carbocycles. The summed E-state index contributed by atoms with van der Waals surface area (Å²) in [4.78, 5) is 35.8. The van der Waals surface area contributed by atoms with Crippen LogP contribution in [0.4, 0.5) is 5.69 Å². The quantitative estimate of drug-likeness (QED) is 0.471. The summed E-state index contributed by atoms with van der Waals surface area (Å²) in [6.07, 6.45) is -1.02. The lowest BCUT2D eigenvalue weighted by Gasteiger charge is -2.14. The Kier molecular flexibility index (Phi) is 6.36. The van der Waals surface area contributed by atoms with Crippen LogP contribution in [0, 0.1) is 6.92 Å². The number of ether oxygens (including phenoxy) is 3. The van der Waals surface area contributed by atoms with Crippen LogP contribution >= 0.6 is 0 Å². The molecule has 0 radical (unpaired) electrons. The zero-order valence-electron chi connectivity index (χ0n) is 16.8. The lowest BCUT2D eigenvalue weighted by atomic mass is 10.1. The highest BCUT2D eigenvalue weighted by molar-refractivity contribution is 5.95. The Bertz CT molecular complexity index is 1140. The average molecular weight is 411 g/mol. The molecule has 30 heavy (non-hydrogen) atoms. The molecule has 1 heterocycles. The third-order valence-corrected chi connectivity index (χ3v) is 4.29. The van der Waals surface area contributed by atoms with Gasteiger partial charge in [0.05, 0.1) is 7.11 Å². The van der Waals surface area contributed by atoms with E-state index in [0.29, 0.717) is 22.8 Å². The molecule has 0 spiro atoms. The van der Waals surface area contributed by atoms with Gasteiger partial charge in [-0.15, -0.1) is 0 Å². The van der Waals surface area contributed by atoms with Crippen LogP contribution in [0.2, 0.25) is 0 Å². The maximum absolute atomic E-state index is 12.2. The van der Waals surface area contributed by atoms with E-state index in [2.05, 4.69) is 5.32 Å². The lowest BCUT2D eigenvalue weighted by Crippen LogP contribution is -2.31. The Morgan fingerprint density at radius 1 is 1.10 bits per heavy atom. The number of nitrogens with one attached hydrogen (secondary N) is 1. The fraction of sp³-hybridized carbons (Fsp3) is 0.227. The number of esters is 1. The minimum Gasteiger partial charge on any atom is -0.497 e. The van der Waals surface area contributed by atoms with Gasteiger partial charge in [0.2, 0.25) is 0 Å². The van der Waals surface area contributed by atoms with E-state index in [1.165, 1.54) is 26.2 Å². The van der Waals surface area contributed by atoms with E-state index < -0.39 is 30.2 Å². The maximum Gasteiger partial charge on any atom is 0.344 e. The Morgan fingerprint density at radius 2 is 1.90 bits per heavy atom. The molecule has 0 aliphatic heterocycles. The van der Waals surface area contributed by atoms with Crippen LogP contribution in [0.15, 0.2) is 57.7 Å². The molecule has 0 fully saturated rings. The van der Waals surface area contributed by atoms with Crippen molar-refractivity contribution in [1.29, 1.82) is 0 Å². The van der Waals surface area contributed by atoms with Gasteiger partial charge < -0.3 is 23.9 Å². The average Bonchev–Trinajstić information content (AvgIpc) is 2.71. The van der Waals surface area contributed by atoms with Gasteiger partial charge in [-0.1, -0.05) is 6.07 Å². The van der Waals surface area contributed by atoms with Crippen molar-refractivity contribution in [2.75, 3.05) is 19.0 Å². The highest BCUT2D eigenvalue weighted by Gasteiger charge is 2.18. The number of rotatable bonds is 7. The number of amides is 1. The summed E-state index contributed by atoms with van der Waals surface area (Å²) in [5, 5.41) is 3.42. The summed E-state index contributed by atoms with van der Waals surface area (Å²) in [6.45, 7) is 2.86. The molecule has 0 saturated carbocycles. The number of hydrogen-bond acceptors (Lipinski definition) is 7. The molecule has 0 aliphatic carbocycles. The molecule has 1 aromatic heterocycles. The van der Waals surface area contributed by atoms with Gasteiger partial charge in [0.15, 0.2) is 12.7 Å². The fourth-order valence-electron chi connectivity index (χ4n) is 2.77. The van der Waals surface area contributed by atoms with E-state index in [4.69, 9.17) is 18.6 Å². The molecule has 3 rings (SSSR count). The van der Waals surface area contributed by atoms with E-state index in [1.807, 2.05) is 0 Å². The number of aryl methyl sites for hydroxylation is 1. The first-order valence-corrected chi connectivity index (χ1v) is 9.17. The number of fused-ring (bicyclic) bond motifs is 1. The third-order valence-electron chi connectivity index (χ3n) is 4.29. The van der Waals surface area contributed by atoms with Crippen molar-refractivity contribution in [2.24, 2.45) is 0 Å². The van der Waals surface area contributed by atoms with Gasteiger partial charge in [-0.2, -0.15) is 0 Å². The SMILES string of the molecule is COc1cccc(NC(=O)[C@@H](C)OC(=O)COc2ccc3c(C)cc(=O)oc3c2)c1. The van der Waals surface area contributed by atoms with Gasteiger partial charge >= 0.3 is 11.6 Å². The fourth-order valence-corrected chi connectivity index (χ4v) is 2.77. The maximum atomic E-state index is 12.2. The minimum atomic E-state index is -1.02. The van der Waals surface area contributed by atoms with Crippen LogP contribution in [0.1, 0.15) is 12.5 Å². The van der Waals surface area contributed by atoms with Crippen LogP contribution in [-0.2, 0) is 14.3 Å². The number of anilines is 1. The summed E-state index contributed by atoms with van der Waals surface area (Å²) in [5.41, 5.74) is 1.19. The molecule has 0 aliphatic rings. The van der Waals surface area contributed by atoms with Crippen molar-refractivity contribution in [2.45, 2.75) is 20.0 Å². The molecule has 0 saturated heterocycles. The third kappa shape index (κ3) is 5.16. The van der Waals surface area contributed by atoms with Gasteiger partial charge in [0.1, 0.15) is 17.1 Å². The first-order chi connectivity index (χ1) is 14.4. The molecule has 1 amide bonds. The van der Waals surface area contributed by atoms with E-state index in [1.54, 1.807) is 43.3 Å². The van der Waals surface area contributed by atoms with E-state index in [0.717, 1.165) is 10.9 Å². The number of hydrogen-bond donors (Lipinski definition) is 1. The van der Waals surface area contributed by atoms with Gasteiger partial charge in [-0.3, -0.25) is 4.79 Å². The van der Waals surface area contributed by atoms with Crippen LogP contribution in [-0.4, -0.2) is 31.7 Å². The van der Waals surface area contributed by atoms with Crippen molar-refractivity contribution in [1.82, 2.24) is 0 Å². The molecule has 3 aromatic rings. The van der Waals surface area contributed by atoms with Crippen molar-refractivity contribution in [3.8, 4) is 11.5 Å². The first kappa shape index (κ1) is 20.9. The van der Waals surface area contributed by atoms with Crippen LogP contribution in [0.25, 0.3) is 11.0 Å². The van der Waals surface area contributed by atoms with Gasteiger partial charge in [-0.05, 0) is 43.7 Å². The summed E-state index contributed by atoms with van der Waals surface area (Å²) in [5.74, 6) is -0.275. The number of methoxy groups -OCH3 is 1. The normalized spacial score (nSPS) is 11.6. The second kappa shape index (κ2) is 9.13. The summed E-state index contributed by atoms with van der Waals surface area (Å²) in [6, 6.07) is 13.1. The zero-order chi connectivity index (χ0) is 21.7. The van der Waals surface area contributed by atoms with Crippen molar-refractivity contribution in [3.63, 3.8) is 0 Å². The van der Waals surface area contributed by atoms with Crippen LogP contribution < -0.4 is 20.4 Å². The van der Waals surface area contributed by atoms with Gasteiger partial charge in [0.25, 0.3) is 5.91 Å². The predicted octanol–water partition coefficient (Wildman–Crippen LogP) is 3.06. The Balaban J connectivity index is 1.55. The van der Waals surface area contributed by atoms with Crippen molar-refractivity contribution >= 4 is 28.5 Å². The summed E-state index contributed by atoms with van der Waals surface area (Å²) in [7, 11) is 1.52. The summed E-state index contributed by atoms with van der Waals surface area (Å²) < 4.78 is 20.8. The molecule has 8 nitrogen and oxygen atoms in total. The smallest absolute Gasteiger partial charge is 0.344 e. The summed E-state index contributed by atoms with van der Waals surface area (Å²) >= 11 is 0. The molecule has 156 valence electrons. The molecular formula is C22H21NO7. The Hall–Kier alpha value is -3.81. The van der Waals surface area contributed by atoms with Gasteiger partial charge in [0, 0.05) is 29.3 Å². The Morgan fingerprint density at radius 3 is 2.67 bits per heavy atom. The molecule has 1 N–H and O–H groups in total. The monoisotopic (exact) mass is 411 g/mol. The zero-order valence-corrected chi connectivity index (χ0v) is 16.8. The molecule has 8 heteroatoms. The number of carbonyl (C=O) groups is 2. The second-order valence-electron chi connectivity index (χ2n) is 6.55. The van der Waals surface area contributed by atoms with Gasteiger partial charge in [-0.25, -0.2) is 9.59 Å². The van der Waals surface area contributed by atoms with E-state index >= 15 is 0 Å². The molecule has 0 unspecified atom stereocenters. The van der Waals surface area contributed by atoms with E-state index in [-0.39, 0.29) is 0 Å². The molecule has 0 bridgehead atoms. The first-order valence-electron chi connectivity index (χ1n) is 9.17. The molecule has 1 atom stereocenters. The topological polar surface area (TPSA) is 104 Å². The van der Waals surface area contributed by atoms with Crippen molar-refractivity contribution < 1.29 is 28.2 Å². The highest BCUT2D eigenvalue weighted by Crippen LogP contribution is 2.22. The number of benzene rings is 2. The standard InChI is InChI=1S/C22H21NO7/c1-13-9-20(24)30-19-11-17(7-8-18(13)19)28-12-21(25)29-14(2)22(26)23-15-5-4-6-16(10-15)27-3/h4-11,14H,12H2,1-3H3,(H,23,26)/t14-/m1/s1. The highest BCUT2D eigenvalue weighted by atomic mass is 16.6. The minimum absolute atomic E-state index is 0.335. The van der Waals surface area contributed by atoms with Crippen LogP contribution in [0.5, 0.6) is 11.5 Å². The second-order valence-corrected chi connectivity index (χ2v) is 6.55. The lowest BCUT2D eigenvalue weighted by molar-refractivity contribution is -0.155. The van der Waals surface area contributed by atoms with Crippen molar-refractivity contribution in [3.05, 3.63) is 64.5 Å². The predicted molar refractivity (Wildman–Crippen MR) is 110 cm³/mol. The largest absolute Gasteiger partial charge is 0.497 e. The molecular weight excluding hydrogens is 390 g/mol. The van der Waals surface area contributed by atoms with E-state index in [9.17, 15) is 14.4 Å².